The molecule has 8 heteroatoms. The molecule has 0 aromatic heterocycles. The van der Waals surface area contributed by atoms with Gasteiger partial charge < -0.3 is 10.2 Å². The summed E-state index contributed by atoms with van der Waals surface area (Å²) in [5, 5.41) is 2.93. The van der Waals surface area contributed by atoms with E-state index in [4.69, 9.17) is 0 Å². The predicted molar refractivity (Wildman–Crippen MR) is 147 cm³/mol. The third-order valence-corrected chi connectivity index (χ3v) is 7.59. The number of carbonyl (C=O) groups excluding carboxylic acids is 2. The van der Waals surface area contributed by atoms with Crippen molar-refractivity contribution in [3.63, 3.8) is 0 Å². The van der Waals surface area contributed by atoms with Crippen LogP contribution in [-0.4, -0.2) is 49.8 Å². The molecule has 7 nitrogen and oxygen atoms in total. The van der Waals surface area contributed by atoms with Gasteiger partial charge in [-0.1, -0.05) is 66.7 Å². The average molecular weight is 522 g/mol. The molecule has 37 heavy (non-hydrogen) atoms. The number of rotatable bonds is 10. The quantitative estimate of drug-likeness (QED) is 0.432. The first-order chi connectivity index (χ1) is 17.5. The number of para-hydroxylation sites is 1. The minimum Gasteiger partial charge on any atom is -0.350 e. The number of carbonyl (C=O) groups is 2. The summed E-state index contributed by atoms with van der Waals surface area (Å²) in [5.74, 6) is -0.762. The van der Waals surface area contributed by atoms with E-state index >= 15 is 0 Å². The van der Waals surface area contributed by atoms with Crippen LogP contribution in [0.4, 0.5) is 5.69 Å². The number of amides is 2. The fourth-order valence-electron chi connectivity index (χ4n) is 3.89. The summed E-state index contributed by atoms with van der Waals surface area (Å²) in [4.78, 5) is 28.4. The van der Waals surface area contributed by atoms with Crippen molar-refractivity contribution in [1.82, 2.24) is 10.2 Å². The molecule has 1 N–H and O–H groups in total. The maximum Gasteiger partial charge on any atom is 0.264 e. The number of anilines is 1. The molecule has 0 fully saturated rings. The third-order valence-electron chi connectivity index (χ3n) is 5.80. The maximum absolute atomic E-state index is 13.8. The van der Waals surface area contributed by atoms with Gasteiger partial charge in [0, 0.05) is 12.1 Å². The third kappa shape index (κ3) is 7.67. The Morgan fingerprint density at radius 2 is 1.35 bits per heavy atom. The molecular formula is C29H35N3O4S. The Labute approximate surface area is 220 Å². The van der Waals surface area contributed by atoms with Gasteiger partial charge in [0.1, 0.15) is 12.6 Å². The van der Waals surface area contributed by atoms with E-state index < -0.39 is 34.1 Å². The largest absolute Gasteiger partial charge is 0.350 e. The highest BCUT2D eigenvalue weighted by Crippen LogP contribution is 2.24. The Morgan fingerprint density at radius 3 is 1.89 bits per heavy atom. The van der Waals surface area contributed by atoms with E-state index in [-0.39, 0.29) is 17.3 Å². The average Bonchev–Trinajstić information content (AvgIpc) is 2.87. The molecule has 0 bridgehead atoms. The SMILES string of the molecule is C[C@H](C(=O)NC(C)(C)C)N(CCc1ccccc1)C(=O)CN(c1ccccc1)S(=O)(=O)c1ccccc1. The number of sulfonamides is 1. The van der Waals surface area contributed by atoms with Gasteiger partial charge in [-0.15, -0.1) is 0 Å². The van der Waals surface area contributed by atoms with E-state index in [9.17, 15) is 18.0 Å². The highest BCUT2D eigenvalue weighted by Gasteiger charge is 2.33. The fraction of sp³-hybridized carbons (Fsp3) is 0.310. The van der Waals surface area contributed by atoms with E-state index in [1.807, 2.05) is 51.1 Å². The van der Waals surface area contributed by atoms with Crippen LogP contribution in [0, 0.1) is 0 Å². The lowest BCUT2D eigenvalue weighted by molar-refractivity contribution is -0.139. The summed E-state index contributed by atoms with van der Waals surface area (Å²) >= 11 is 0. The molecule has 0 aliphatic carbocycles. The number of benzene rings is 3. The highest BCUT2D eigenvalue weighted by molar-refractivity contribution is 7.92. The summed E-state index contributed by atoms with van der Waals surface area (Å²) in [6.07, 6.45) is 0.524. The predicted octanol–water partition coefficient (Wildman–Crippen LogP) is 4.26. The Hall–Kier alpha value is -3.65. The van der Waals surface area contributed by atoms with Crippen molar-refractivity contribution in [2.75, 3.05) is 17.4 Å². The van der Waals surface area contributed by atoms with E-state index in [0.717, 1.165) is 9.87 Å². The van der Waals surface area contributed by atoms with Gasteiger partial charge in [0.25, 0.3) is 10.0 Å². The fourth-order valence-corrected chi connectivity index (χ4v) is 5.32. The van der Waals surface area contributed by atoms with Gasteiger partial charge in [0.15, 0.2) is 0 Å². The zero-order chi connectivity index (χ0) is 27.1. The summed E-state index contributed by atoms with van der Waals surface area (Å²) in [5.41, 5.74) is 0.904. The van der Waals surface area contributed by atoms with Crippen molar-refractivity contribution in [3.8, 4) is 0 Å². The number of nitrogens with one attached hydrogen (secondary N) is 1. The molecule has 0 radical (unpaired) electrons. The minimum atomic E-state index is -4.04. The molecule has 3 aromatic rings. The number of hydrogen-bond donors (Lipinski definition) is 1. The van der Waals surface area contributed by atoms with Crippen LogP contribution in [0.15, 0.2) is 95.9 Å². The van der Waals surface area contributed by atoms with E-state index in [1.54, 1.807) is 55.5 Å². The number of nitrogens with zero attached hydrogens (tertiary/aromatic N) is 2. The second-order valence-electron chi connectivity index (χ2n) is 9.90. The second-order valence-corrected chi connectivity index (χ2v) is 11.8. The molecule has 0 heterocycles. The van der Waals surface area contributed by atoms with Crippen molar-refractivity contribution in [3.05, 3.63) is 96.6 Å². The van der Waals surface area contributed by atoms with Crippen LogP contribution >= 0.6 is 0 Å². The highest BCUT2D eigenvalue weighted by atomic mass is 32.2. The van der Waals surface area contributed by atoms with Gasteiger partial charge in [-0.05, 0) is 63.9 Å². The van der Waals surface area contributed by atoms with E-state index in [1.165, 1.54) is 17.0 Å². The molecular weight excluding hydrogens is 486 g/mol. The van der Waals surface area contributed by atoms with Crippen LogP contribution in [-0.2, 0) is 26.0 Å². The lowest BCUT2D eigenvalue weighted by atomic mass is 10.1. The molecule has 1 atom stereocenters. The van der Waals surface area contributed by atoms with E-state index in [0.29, 0.717) is 12.1 Å². The standard InChI is InChI=1S/C29H35N3O4S/c1-23(28(34)30-29(2,3)4)31(21-20-24-14-8-5-9-15-24)27(33)22-32(25-16-10-6-11-17-25)37(35,36)26-18-12-7-13-19-26/h5-19,23H,20-22H2,1-4H3,(H,30,34)/t23-/m1/s1. The summed E-state index contributed by atoms with van der Waals surface area (Å²) < 4.78 is 28.4. The maximum atomic E-state index is 13.8. The van der Waals surface area contributed by atoms with Gasteiger partial charge in [0.2, 0.25) is 11.8 Å². The topological polar surface area (TPSA) is 86.8 Å². The Balaban J connectivity index is 1.94. The van der Waals surface area contributed by atoms with Crippen LogP contribution < -0.4 is 9.62 Å². The smallest absolute Gasteiger partial charge is 0.264 e. The first kappa shape index (κ1) is 27.9. The molecule has 0 spiro atoms. The van der Waals surface area contributed by atoms with Gasteiger partial charge in [-0.25, -0.2) is 8.42 Å². The second kappa shape index (κ2) is 12.1. The lowest BCUT2D eigenvalue weighted by Crippen LogP contribution is -2.55. The normalized spacial score (nSPS) is 12.4. The molecule has 0 aliphatic rings. The van der Waals surface area contributed by atoms with Crippen LogP contribution in [0.3, 0.4) is 0 Å². The molecule has 0 saturated heterocycles. The van der Waals surface area contributed by atoms with Crippen LogP contribution in [0.5, 0.6) is 0 Å². The minimum absolute atomic E-state index is 0.0843. The molecule has 0 aliphatic heterocycles. The summed E-state index contributed by atoms with van der Waals surface area (Å²) in [7, 11) is -4.04. The molecule has 3 aromatic carbocycles. The monoisotopic (exact) mass is 521 g/mol. The molecule has 0 saturated carbocycles. The molecule has 3 rings (SSSR count). The molecule has 0 unspecified atom stereocenters. The first-order valence-electron chi connectivity index (χ1n) is 12.3. The summed E-state index contributed by atoms with van der Waals surface area (Å²) in [6.45, 7) is 7.10. The van der Waals surface area contributed by atoms with Crippen molar-refractivity contribution in [1.29, 1.82) is 0 Å². The Morgan fingerprint density at radius 1 is 0.838 bits per heavy atom. The number of hydrogen-bond acceptors (Lipinski definition) is 4. The van der Waals surface area contributed by atoms with Gasteiger partial charge in [-0.3, -0.25) is 13.9 Å². The van der Waals surface area contributed by atoms with Gasteiger partial charge in [-0.2, -0.15) is 0 Å². The Kier molecular flexibility index (Phi) is 9.10. The van der Waals surface area contributed by atoms with Crippen molar-refractivity contribution in [2.24, 2.45) is 0 Å². The van der Waals surface area contributed by atoms with Gasteiger partial charge in [0.05, 0.1) is 10.6 Å². The van der Waals surface area contributed by atoms with Crippen LogP contribution in [0.1, 0.15) is 33.3 Å². The van der Waals surface area contributed by atoms with Crippen molar-refractivity contribution in [2.45, 2.75) is 50.6 Å². The van der Waals surface area contributed by atoms with E-state index in [2.05, 4.69) is 5.32 Å². The van der Waals surface area contributed by atoms with Crippen LogP contribution in [0.2, 0.25) is 0 Å². The van der Waals surface area contributed by atoms with Gasteiger partial charge >= 0.3 is 0 Å². The van der Waals surface area contributed by atoms with Crippen molar-refractivity contribution < 1.29 is 18.0 Å². The Bertz CT molecular complexity index is 1270. The zero-order valence-electron chi connectivity index (χ0n) is 21.8. The molecule has 2 amide bonds. The first-order valence-corrected chi connectivity index (χ1v) is 13.7. The molecule has 196 valence electrons. The summed E-state index contributed by atoms with van der Waals surface area (Å²) in [6, 6.07) is 25.4. The zero-order valence-corrected chi connectivity index (χ0v) is 22.6. The van der Waals surface area contributed by atoms with Crippen LogP contribution in [0.25, 0.3) is 0 Å². The lowest BCUT2D eigenvalue weighted by Gasteiger charge is -2.33. The van der Waals surface area contributed by atoms with Crippen molar-refractivity contribution >= 4 is 27.5 Å².